The normalized spacial score (nSPS) is 13.0. The average Bonchev–Trinajstić information content (AvgIpc) is 2.32. The number of aromatic nitrogens is 1. The summed E-state index contributed by atoms with van der Waals surface area (Å²) >= 11 is 0. The molecule has 0 spiro atoms. The fraction of sp³-hybridized carbons (Fsp3) is 0.643. The Bertz CT molecular complexity index is 267. The molecule has 0 aliphatic rings. The first kappa shape index (κ1) is 13.2. The van der Waals surface area contributed by atoms with Gasteiger partial charge in [-0.25, -0.2) is 0 Å². The van der Waals surface area contributed by atoms with Crippen molar-refractivity contribution in [3.63, 3.8) is 0 Å². The Morgan fingerprint density at radius 3 is 2.62 bits per heavy atom. The fourth-order valence-corrected chi connectivity index (χ4v) is 2.15. The predicted molar refractivity (Wildman–Crippen MR) is 69.5 cm³/mol. The summed E-state index contributed by atoms with van der Waals surface area (Å²) in [6.45, 7) is 7.88. The van der Waals surface area contributed by atoms with Crippen LogP contribution in [0.1, 0.15) is 39.2 Å². The maximum absolute atomic E-state index is 4.12. The number of hydrogen-bond acceptors (Lipinski definition) is 2. The van der Waals surface area contributed by atoms with Crippen LogP contribution in [0.2, 0.25) is 0 Å². The van der Waals surface area contributed by atoms with Gasteiger partial charge in [-0.2, -0.15) is 0 Å². The summed E-state index contributed by atoms with van der Waals surface area (Å²) < 4.78 is 0. The Morgan fingerprint density at radius 1 is 1.31 bits per heavy atom. The first-order valence-corrected chi connectivity index (χ1v) is 6.40. The summed E-state index contributed by atoms with van der Waals surface area (Å²) in [5.41, 5.74) is 1.31. The molecule has 0 aliphatic heterocycles. The molecule has 0 saturated heterocycles. The van der Waals surface area contributed by atoms with Crippen molar-refractivity contribution < 1.29 is 0 Å². The molecule has 1 heterocycles. The van der Waals surface area contributed by atoms with Gasteiger partial charge >= 0.3 is 0 Å². The molecule has 0 bridgehead atoms. The third-order valence-corrected chi connectivity index (χ3v) is 3.36. The van der Waals surface area contributed by atoms with Crippen molar-refractivity contribution in [3.8, 4) is 0 Å². The quantitative estimate of drug-likeness (QED) is 0.764. The zero-order valence-electron chi connectivity index (χ0n) is 10.7. The van der Waals surface area contributed by atoms with Gasteiger partial charge in [0.25, 0.3) is 0 Å². The van der Waals surface area contributed by atoms with Gasteiger partial charge in [0.1, 0.15) is 0 Å². The van der Waals surface area contributed by atoms with E-state index in [0.29, 0.717) is 6.04 Å². The molecule has 1 aromatic heterocycles. The Hall–Kier alpha value is -0.890. The van der Waals surface area contributed by atoms with Crippen molar-refractivity contribution in [2.45, 2.75) is 46.1 Å². The molecule has 0 saturated carbocycles. The third kappa shape index (κ3) is 4.31. The molecule has 0 fully saturated rings. The van der Waals surface area contributed by atoms with E-state index in [1.54, 1.807) is 0 Å². The molecule has 1 rings (SSSR count). The lowest BCUT2D eigenvalue weighted by Gasteiger charge is -2.22. The summed E-state index contributed by atoms with van der Waals surface area (Å²) in [5, 5.41) is 3.61. The van der Waals surface area contributed by atoms with Gasteiger partial charge in [-0.1, -0.05) is 32.8 Å². The van der Waals surface area contributed by atoms with E-state index in [1.165, 1.54) is 18.4 Å². The Labute approximate surface area is 99.5 Å². The highest BCUT2D eigenvalue weighted by Gasteiger charge is 2.11. The lowest BCUT2D eigenvalue weighted by Crippen LogP contribution is -2.34. The van der Waals surface area contributed by atoms with E-state index in [2.05, 4.69) is 37.1 Å². The van der Waals surface area contributed by atoms with Crippen molar-refractivity contribution in [1.29, 1.82) is 0 Å². The van der Waals surface area contributed by atoms with E-state index < -0.39 is 0 Å². The van der Waals surface area contributed by atoms with Crippen LogP contribution in [0.4, 0.5) is 0 Å². The molecule has 0 aromatic carbocycles. The molecule has 16 heavy (non-hydrogen) atoms. The molecule has 1 N–H and O–H groups in total. The van der Waals surface area contributed by atoms with Gasteiger partial charge < -0.3 is 5.32 Å². The molecule has 1 unspecified atom stereocenters. The molecular weight excluding hydrogens is 196 g/mol. The maximum atomic E-state index is 4.12. The minimum absolute atomic E-state index is 0.617. The molecule has 1 atom stereocenters. The Kier molecular flexibility index (Phi) is 6.09. The lowest BCUT2D eigenvalue weighted by molar-refractivity contribution is 0.356. The summed E-state index contributed by atoms with van der Waals surface area (Å²) in [6.07, 6.45) is 7.36. The molecule has 2 nitrogen and oxygen atoms in total. The SMILES string of the molecule is CCC(CC)C(C)NCCc1cccnc1. The minimum Gasteiger partial charge on any atom is -0.314 e. The number of rotatable bonds is 7. The van der Waals surface area contributed by atoms with E-state index >= 15 is 0 Å². The largest absolute Gasteiger partial charge is 0.314 e. The molecule has 0 amide bonds. The minimum atomic E-state index is 0.617. The second-order valence-corrected chi connectivity index (χ2v) is 4.43. The molecule has 90 valence electrons. The Morgan fingerprint density at radius 2 is 2.06 bits per heavy atom. The van der Waals surface area contributed by atoms with Crippen LogP contribution in [-0.4, -0.2) is 17.6 Å². The highest BCUT2D eigenvalue weighted by Crippen LogP contribution is 2.12. The summed E-state index contributed by atoms with van der Waals surface area (Å²) in [7, 11) is 0. The molecule has 1 aromatic rings. The monoisotopic (exact) mass is 220 g/mol. The van der Waals surface area contributed by atoms with Crippen molar-refractivity contribution in [2.24, 2.45) is 5.92 Å². The predicted octanol–water partition coefficient (Wildman–Crippen LogP) is 3.04. The van der Waals surface area contributed by atoms with Crippen LogP contribution in [0.15, 0.2) is 24.5 Å². The van der Waals surface area contributed by atoms with E-state index in [4.69, 9.17) is 0 Å². The molecule has 2 heteroatoms. The van der Waals surface area contributed by atoms with Gasteiger partial charge in [-0.3, -0.25) is 4.98 Å². The highest BCUT2D eigenvalue weighted by atomic mass is 14.9. The van der Waals surface area contributed by atoms with Crippen LogP contribution in [0, 0.1) is 5.92 Å². The van der Waals surface area contributed by atoms with Crippen LogP contribution < -0.4 is 5.32 Å². The van der Waals surface area contributed by atoms with Crippen molar-refractivity contribution in [2.75, 3.05) is 6.54 Å². The van der Waals surface area contributed by atoms with Crippen LogP contribution in [-0.2, 0) is 6.42 Å². The number of hydrogen-bond donors (Lipinski definition) is 1. The second-order valence-electron chi connectivity index (χ2n) is 4.43. The number of nitrogens with zero attached hydrogens (tertiary/aromatic N) is 1. The Balaban J connectivity index is 2.25. The zero-order chi connectivity index (χ0) is 11.8. The summed E-state index contributed by atoms with van der Waals surface area (Å²) in [5.74, 6) is 0.800. The van der Waals surface area contributed by atoms with E-state index in [9.17, 15) is 0 Å². The van der Waals surface area contributed by atoms with Gasteiger partial charge in [0, 0.05) is 18.4 Å². The standard InChI is InChI=1S/C14H24N2/c1-4-14(5-2)12(3)16-10-8-13-7-6-9-15-11-13/h6-7,9,11-12,14,16H,4-5,8,10H2,1-3H3. The van der Waals surface area contributed by atoms with Crippen LogP contribution in [0.3, 0.4) is 0 Å². The topological polar surface area (TPSA) is 24.9 Å². The molecular formula is C14H24N2. The third-order valence-electron chi connectivity index (χ3n) is 3.36. The van der Waals surface area contributed by atoms with E-state index in [0.717, 1.165) is 18.9 Å². The van der Waals surface area contributed by atoms with Crippen molar-refractivity contribution in [1.82, 2.24) is 10.3 Å². The summed E-state index contributed by atoms with van der Waals surface area (Å²) in [6, 6.07) is 4.75. The average molecular weight is 220 g/mol. The second kappa shape index (κ2) is 7.39. The van der Waals surface area contributed by atoms with Crippen LogP contribution in [0.25, 0.3) is 0 Å². The van der Waals surface area contributed by atoms with Gasteiger partial charge in [0.15, 0.2) is 0 Å². The number of nitrogens with one attached hydrogen (secondary N) is 1. The van der Waals surface area contributed by atoms with Gasteiger partial charge in [-0.15, -0.1) is 0 Å². The lowest BCUT2D eigenvalue weighted by atomic mass is 9.95. The van der Waals surface area contributed by atoms with Gasteiger partial charge in [0.2, 0.25) is 0 Å². The smallest absolute Gasteiger partial charge is 0.0300 e. The van der Waals surface area contributed by atoms with E-state index in [-0.39, 0.29) is 0 Å². The maximum Gasteiger partial charge on any atom is 0.0300 e. The highest BCUT2D eigenvalue weighted by molar-refractivity contribution is 5.08. The van der Waals surface area contributed by atoms with Gasteiger partial charge in [0.05, 0.1) is 0 Å². The molecule has 0 radical (unpaired) electrons. The first-order chi connectivity index (χ1) is 7.77. The van der Waals surface area contributed by atoms with Crippen molar-refractivity contribution in [3.05, 3.63) is 30.1 Å². The van der Waals surface area contributed by atoms with Crippen LogP contribution >= 0.6 is 0 Å². The number of pyridine rings is 1. The van der Waals surface area contributed by atoms with E-state index in [1.807, 2.05) is 18.5 Å². The van der Waals surface area contributed by atoms with Gasteiger partial charge in [-0.05, 0) is 37.4 Å². The first-order valence-electron chi connectivity index (χ1n) is 6.40. The van der Waals surface area contributed by atoms with Crippen LogP contribution in [0.5, 0.6) is 0 Å². The molecule has 0 aliphatic carbocycles. The van der Waals surface area contributed by atoms with Crippen molar-refractivity contribution >= 4 is 0 Å². The zero-order valence-corrected chi connectivity index (χ0v) is 10.7. The summed E-state index contributed by atoms with van der Waals surface area (Å²) in [4.78, 5) is 4.12. The fourth-order valence-electron chi connectivity index (χ4n) is 2.15.